The zero-order valence-electron chi connectivity index (χ0n) is 15.7. The smallest absolute Gasteiger partial charge is 0.138 e. The van der Waals surface area contributed by atoms with Crippen molar-refractivity contribution < 1.29 is 4.74 Å². The maximum absolute atomic E-state index is 5.29. The number of H-pyrrole nitrogens is 1. The number of benzene rings is 2. The molecular weight excluding hydrogens is 324 g/mol. The standard InChI is InChI=1S/C21H26N4O/c1-15(2)24-10-12-25(13-11-24)17-6-4-16(5-7-17)21-22-19-9-8-18(26-3)14-20(19)23-21/h4-9,14-15H,10-13H2,1-3H3,(H,22,23). The number of anilines is 1. The van der Waals surface area contributed by atoms with Gasteiger partial charge in [-0.2, -0.15) is 0 Å². The molecule has 0 unspecified atom stereocenters. The fourth-order valence-electron chi connectivity index (χ4n) is 3.58. The third kappa shape index (κ3) is 3.27. The largest absolute Gasteiger partial charge is 0.497 e. The average Bonchev–Trinajstić information content (AvgIpc) is 3.11. The molecule has 5 heteroatoms. The molecule has 5 nitrogen and oxygen atoms in total. The molecule has 1 N–H and O–H groups in total. The summed E-state index contributed by atoms with van der Waals surface area (Å²) >= 11 is 0. The lowest BCUT2D eigenvalue weighted by Gasteiger charge is -2.38. The molecule has 0 aliphatic carbocycles. The lowest BCUT2D eigenvalue weighted by Crippen LogP contribution is -2.48. The summed E-state index contributed by atoms with van der Waals surface area (Å²) in [4.78, 5) is 13.1. The normalized spacial score (nSPS) is 15.8. The van der Waals surface area contributed by atoms with E-state index in [0.29, 0.717) is 6.04 Å². The zero-order valence-corrected chi connectivity index (χ0v) is 15.7. The Morgan fingerprint density at radius 3 is 2.38 bits per heavy atom. The van der Waals surface area contributed by atoms with Gasteiger partial charge in [-0.15, -0.1) is 0 Å². The van der Waals surface area contributed by atoms with Gasteiger partial charge in [-0.1, -0.05) is 0 Å². The van der Waals surface area contributed by atoms with Gasteiger partial charge in [0.15, 0.2) is 0 Å². The predicted octanol–water partition coefficient (Wildman–Crippen LogP) is 3.77. The molecule has 3 aromatic rings. The van der Waals surface area contributed by atoms with Crippen LogP contribution in [-0.2, 0) is 0 Å². The minimum absolute atomic E-state index is 0.631. The van der Waals surface area contributed by atoms with Crippen molar-refractivity contribution in [1.82, 2.24) is 14.9 Å². The Balaban J connectivity index is 1.51. The highest BCUT2D eigenvalue weighted by atomic mass is 16.5. The molecule has 0 amide bonds. The lowest BCUT2D eigenvalue weighted by molar-refractivity contribution is 0.209. The van der Waals surface area contributed by atoms with Crippen LogP contribution in [0.2, 0.25) is 0 Å². The van der Waals surface area contributed by atoms with Crippen LogP contribution < -0.4 is 9.64 Å². The lowest BCUT2D eigenvalue weighted by atomic mass is 10.1. The van der Waals surface area contributed by atoms with E-state index >= 15 is 0 Å². The van der Waals surface area contributed by atoms with Crippen LogP contribution in [0.25, 0.3) is 22.4 Å². The molecule has 4 rings (SSSR count). The number of nitrogens with zero attached hydrogens (tertiary/aromatic N) is 3. The van der Waals surface area contributed by atoms with Gasteiger partial charge in [-0.05, 0) is 50.2 Å². The third-order valence-corrected chi connectivity index (χ3v) is 5.24. The van der Waals surface area contributed by atoms with E-state index < -0.39 is 0 Å². The number of hydrogen-bond donors (Lipinski definition) is 1. The highest BCUT2D eigenvalue weighted by molar-refractivity contribution is 5.81. The molecule has 2 heterocycles. The Hall–Kier alpha value is -2.53. The number of fused-ring (bicyclic) bond motifs is 1. The fourth-order valence-corrected chi connectivity index (χ4v) is 3.58. The monoisotopic (exact) mass is 350 g/mol. The van der Waals surface area contributed by atoms with Crippen LogP contribution in [-0.4, -0.2) is 54.2 Å². The van der Waals surface area contributed by atoms with E-state index in [0.717, 1.165) is 54.3 Å². The van der Waals surface area contributed by atoms with E-state index in [9.17, 15) is 0 Å². The summed E-state index contributed by atoms with van der Waals surface area (Å²) in [5, 5.41) is 0. The fraction of sp³-hybridized carbons (Fsp3) is 0.381. The van der Waals surface area contributed by atoms with E-state index in [-0.39, 0.29) is 0 Å². The summed E-state index contributed by atoms with van der Waals surface area (Å²) in [6.07, 6.45) is 0. The van der Waals surface area contributed by atoms with Crippen LogP contribution in [0.15, 0.2) is 42.5 Å². The minimum Gasteiger partial charge on any atom is -0.497 e. The van der Waals surface area contributed by atoms with Crippen molar-refractivity contribution >= 4 is 16.7 Å². The van der Waals surface area contributed by atoms with Gasteiger partial charge in [0, 0.05) is 49.5 Å². The van der Waals surface area contributed by atoms with Crippen LogP contribution in [0.5, 0.6) is 5.75 Å². The van der Waals surface area contributed by atoms with E-state index in [1.54, 1.807) is 7.11 Å². The van der Waals surface area contributed by atoms with Gasteiger partial charge in [-0.25, -0.2) is 4.98 Å². The van der Waals surface area contributed by atoms with Crippen molar-refractivity contribution in [1.29, 1.82) is 0 Å². The van der Waals surface area contributed by atoms with Gasteiger partial charge >= 0.3 is 0 Å². The molecule has 0 atom stereocenters. The Bertz CT molecular complexity index is 877. The van der Waals surface area contributed by atoms with Crippen LogP contribution in [0.3, 0.4) is 0 Å². The molecule has 1 aromatic heterocycles. The molecule has 0 spiro atoms. The third-order valence-electron chi connectivity index (χ3n) is 5.24. The second-order valence-electron chi connectivity index (χ2n) is 7.13. The number of aromatic amines is 1. The Morgan fingerprint density at radius 2 is 1.73 bits per heavy atom. The van der Waals surface area contributed by atoms with E-state index in [1.807, 2.05) is 18.2 Å². The number of imidazole rings is 1. The molecule has 1 aliphatic heterocycles. The minimum atomic E-state index is 0.631. The van der Waals surface area contributed by atoms with Gasteiger partial charge < -0.3 is 14.6 Å². The molecule has 136 valence electrons. The second kappa shape index (κ2) is 7.00. The van der Waals surface area contributed by atoms with Gasteiger partial charge in [-0.3, -0.25) is 4.90 Å². The molecule has 0 bridgehead atoms. The van der Waals surface area contributed by atoms with Crippen molar-refractivity contribution in [3.8, 4) is 17.1 Å². The van der Waals surface area contributed by atoms with Crippen LogP contribution in [0, 0.1) is 0 Å². The van der Waals surface area contributed by atoms with Crippen molar-refractivity contribution in [3.63, 3.8) is 0 Å². The highest BCUT2D eigenvalue weighted by Crippen LogP contribution is 2.26. The number of aromatic nitrogens is 2. The van der Waals surface area contributed by atoms with Crippen molar-refractivity contribution in [3.05, 3.63) is 42.5 Å². The number of rotatable bonds is 4. The number of piperazine rings is 1. The van der Waals surface area contributed by atoms with Gasteiger partial charge in [0.05, 0.1) is 18.1 Å². The first-order valence-electron chi connectivity index (χ1n) is 9.27. The van der Waals surface area contributed by atoms with Crippen molar-refractivity contribution in [2.75, 3.05) is 38.2 Å². The van der Waals surface area contributed by atoms with Gasteiger partial charge in [0.1, 0.15) is 11.6 Å². The predicted molar refractivity (Wildman–Crippen MR) is 107 cm³/mol. The van der Waals surface area contributed by atoms with E-state index in [2.05, 4.69) is 52.9 Å². The van der Waals surface area contributed by atoms with Crippen LogP contribution in [0.4, 0.5) is 5.69 Å². The number of hydrogen-bond acceptors (Lipinski definition) is 4. The zero-order chi connectivity index (χ0) is 18.1. The van der Waals surface area contributed by atoms with Crippen molar-refractivity contribution in [2.24, 2.45) is 0 Å². The summed E-state index contributed by atoms with van der Waals surface area (Å²) in [7, 11) is 1.68. The first-order valence-corrected chi connectivity index (χ1v) is 9.27. The van der Waals surface area contributed by atoms with Gasteiger partial charge in [0.25, 0.3) is 0 Å². The SMILES string of the molecule is COc1ccc2nc(-c3ccc(N4CCN(C(C)C)CC4)cc3)[nH]c2c1. The molecule has 1 fully saturated rings. The molecule has 0 radical (unpaired) electrons. The summed E-state index contributed by atoms with van der Waals surface area (Å²) in [6.45, 7) is 8.97. The maximum Gasteiger partial charge on any atom is 0.138 e. The summed E-state index contributed by atoms with van der Waals surface area (Å²) in [6, 6.07) is 15.2. The maximum atomic E-state index is 5.29. The number of methoxy groups -OCH3 is 1. The summed E-state index contributed by atoms with van der Waals surface area (Å²) in [5.74, 6) is 1.73. The molecular formula is C21H26N4O. The topological polar surface area (TPSA) is 44.4 Å². The molecule has 1 aliphatic rings. The summed E-state index contributed by atoms with van der Waals surface area (Å²) < 4.78 is 5.29. The first-order chi connectivity index (χ1) is 12.6. The molecule has 0 saturated carbocycles. The molecule has 2 aromatic carbocycles. The summed E-state index contributed by atoms with van der Waals surface area (Å²) in [5.41, 5.74) is 4.34. The Labute approximate surface area is 154 Å². The Morgan fingerprint density at radius 1 is 1.00 bits per heavy atom. The average molecular weight is 350 g/mol. The second-order valence-corrected chi connectivity index (χ2v) is 7.13. The van der Waals surface area contributed by atoms with E-state index in [4.69, 9.17) is 9.72 Å². The number of nitrogens with one attached hydrogen (secondary N) is 1. The van der Waals surface area contributed by atoms with Crippen molar-refractivity contribution in [2.45, 2.75) is 19.9 Å². The molecule has 1 saturated heterocycles. The van der Waals surface area contributed by atoms with E-state index in [1.165, 1.54) is 5.69 Å². The highest BCUT2D eigenvalue weighted by Gasteiger charge is 2.19. The van der Waals surface area contributed by atoms with Gasteiger partial charge in [0.2, 0.25) is 0 Å². The number of ether oxygens (including phenoxy) is 1. The molecule has 26 heavy (non-hydrogen) atoms. The quantitative estimate of drug-likeness (QED) is 0.778. The van der Waals surface area contributed by atoms with Crippen LogP contribution >= 0.6 is 0 Å². The Kier molecular flexibility index (Phi) is 4.55. The van der Waals surface area contributed by atoms with Crippen LogP contribution in [0.1, 0.15) is 13.8 Å². The first kappa shape index (κ1) is 16.9.